The van der Waals surface area contributed by atoms with Crippen LogP contribution in [-0.2, 0) is 0 Å². The highest BCUT2D eigenvalue weighted by atomic mass is 14.6. The summed E-state index contributed by atoms with van der Waals surface area (Å²) < 4.78 is 0. The van der Waals surface area contributed by atoms with E-state index in [0.717, 1.165) is 11.8 Å². The van der Waals surface area contributed by atoms with Gasteiger partial charge in [0.25, 0.3) is 0 Å². The molecule has 1 aliphatic rings. The first kappa shape index (κ1) is 11.1. The van der Waals surface area contributed by atoms with Crippen LogP contribution in [0.2, 0.25) is 0 Å². The van der Waals surface area contributed by atoms with Gasteiger partial charge in [-0.1, -0.05) is 54.4 Å². The fourth-order valence-corrected chi connectivity index (χ4v) is 3.00. The van der Waals surface area contributed by atoms with E-state index in [4.69, 9.17) is 0 Å². The first-order valence-corrected chi connectivity index (χ1v) is 5.84. The molecular weight excluding hydrogens is 156 g/mol. The molecule has 0 nitrogen and oxygen atoms in total. The third kappa shape index (κ3) is 1.53. The van der Waals surface area contributed by atoms with Gasteiger partial charge in [0.05, 0.1) is 0 Å². The summed E-state index contributed by atoms with van der Waals surface area (Å²) in [6.07, 6.45) is 4.20. The van der Waals surface area contributed by atoms with E-state index in [9.17, 15) is 0 Å². The van der Waals surface area contributed by atoms with Crippen molar-refractivity contribution < 1.29 is 0 Å². The van der Waals surface area contributed by atoms with Crippen molar-refractivity contribution in [3.63, 3.8) is 0 Å². The Morgan fingerprint density at radius 1 is 1.08 bits per heavy atom. The van der Waals surface area contributed by atoms with Crippen molar-refractivity contribution in [3.05, 3.63) is 0 Å². The zero-order valence-corrected chi connectivity index (χ0v) is 10.3. The van der Waals surface area contributed by atoms with Gasteiger partial charge in [-0.3, -0.25) is 0 Å². The Balaban J connectivity index is 2.84. The molecule has 2 unspecified atom stereocenters. The van der Waals surface area contributed by atoms with Gasteiger partial charge in [-0.15, -0.1) is 0 Å². The third-order valence-corrected chi connectivity index (χ3v) is 5.19. The van der Waals surface area contributed by atoms with E-state index in [0.29, 0.717) is 10.8 Å². The smallest absolute Gasteiger partial charge is 0.0272 e. The molecule has 0 aromatic heterocycles. The average molecular weight is 182 g/mol. The van der Waals surface area contributed by atoms with Gasteiger partial charge < -0.3 is 0 Å². The monoisotopic (exact) mass is 182 g/mol. The molecule has 0 heterocycles. The molecule has 1 saturated carbocycles. The fourth-order valence-electron chi connectivity index (χ4n) is 3.00. The lowest BCUT2D eigenvalue weighted by Gasteiger charge is -2.41. The average Bonchev–Trinajstić information content (AvgIpc) is 2.14. The molecule has 13 heavy (non-hydrogen) atoms. The molecule has 0 radical (unpaired) electrons. The van der Waals surface area contributed by atoms with Crippen LogP contribution in [0.25, 0.3) is 0 Å². The molecule has 2 atom stereocenters. The first-order valence-electron chi connectivity index (χ1n) is 5.84. The molecule has 1 fully saturated rings. The van der Waals surface area contributed by atoms with Gasteiger partial charge in [-0.2, -0.15) is 0 Å². The van der Waals surface area contributed by atoms with Crippen molar-refractivity contribution in [1.82, 2.24) is 0 Å². The lowest BCUT2D eigenvalue weighted by atomic mass is 9.64. The minimum absolute atomic E-state index is 0.521. The maximum absolute atomic E-state index is 2.47. The van der Waals surface area contributed by atoms with E-state index in [1.165, 1.54) is 19.3 Å². The van der Waals surface area contributed by atoms with Crippen LogP contribution in [0.3, 0.4) is 0 Å². The van der Waals surface area contributed by atoms with E-state index in [1.807, 2.05) is 0 Å². The molecule has 0 N–H and O–H groups in total. The molecule has 0 aromatic carbocycles. The van der Waals surface area contributed by atoms with Gasteiger partial charge in [0.2, 0.25) is 0 Å². The third-order valence-electron chi connectivity index (χ3n) is 5.19. The highest BCUT2D eigenvalue weighted by Gasteiger charge is 2.51. The lowest BCUT2D eigenvalue weighted by molar-refractivity contribution is 0.0793. The van der Waals surface area contributed by atoms with Crippen LogP contribution in [0, 0.1) is 22.7 Å². The summed E-state index contributed by atoms with van der Waals surface area (Å²) in [5.41, 5.74) is 1.05. The highest BCUT2D eigenvalue weighted by Crippen LogP contribution is 2.59. The summed E-state index contributed by atoms with van der Waals surface area (Å²) in [5, 5.41) is 0. The van der Waals surface area contributed by atoms with Gasteiger partial charge in [-0.05, 0) is 29.1 Å². The summed E-state index contributed by atoms with van der Waals surface area (Å²) >= 11 is 0. The Labute approximate surface area is 84.1 Å². The second-order valence-electron chi connectivity index (χ2n) is 6.07. The molecule has 0 aliphatic heterocycles. The molecular formula is C13H26. The van der Waals surface area contributed by atoms with E-state index in [-0.39, 0.29) is 0 Å². The van der Waals surface area contributed by atoms with Crippen LogP contribution < -0.4 is 0 Å². The minimum atomic E-state index is 0.521. The summed E-state index contributed by atoms with van der Waals surface area (Å²) in [6.45, 7) is 14.6. The number of hydrogen-bond acceptors (Lipinski definition) is 0. The number of hydrogen-bond donors (Lipinski definition) is 0. The molecule has 0 saturated heterocycles. The number of rotatable bonds is 2. The van der Waals surface area contributed by atoms with Gasteiger partial charge in [0.15, 0.2) is 0 Å². The molecule has 1 rings (SSSR count). The molecule has 0 amide bonds. The Hall–Kier alpha value is 0. The van der Waals surface area contributed by atoms with Crippen LogP contribution >= 0.6 is 0 Å². The summed E-state index contributed by atoms with van der Waals surface area (Å²) in [4.78, 5) is 0. The Morgan fingerprint density at radius 3 is 1.92 bits per heavy atom. The maximum Gasteiger partial charge on any atom is -0.0272 e. The molecule has 78 valence electrons. The zero-order chi connectivity index (χ0) is 10.3. The van der Waals surface area contributed by atoms with Crippen molar-refractivity contribution >= 4 is 0 Å². The predicted octanol–water partition coefficient (Wildman–Crippen LogP) is 4.49. The van der Waals surface area contributed by atoms with Crippen molar-refractivity contribution in [2.45, 2.75) is 60.8 Å². The van der Waals surface area contributed by atoms with Crippen molar-refractivity contribution in [2.75, 3.05) is 0 Å². The summed E-state index contributed by atoms with van der Waals surface area (Å²) in [6, 6.07) is 0. The largest absolute Gasteiger partial charge is 0.0654 e. The Bertz CT molecular complexity index is 176. The quantitative estimate of drug-likeness (QED) is 0.590. The molecule has 0 bridgehead atoms. The van der Waals surface area contributed by atoms with E-state index >= 15 is 0 Å². The van der Waals surface area contributed by atoms with Crippen LogP contribution in [0.15, 0.2) is 0 Å². The SMILES string of the molecule is CCCC1CC(C)C(C)(C)C1(C)C. The van der Waals surface area contributed by atoms with Gasteiger partial charge in [0.1, 0.15) is 0 Å². The van der Waals surface area contributed by atoms with E-state index in [1.54, 1.807) is 0 Å². The normalized spacial score (nSPS) is 36.5. The predicted molar refractivity (Wildman–Crippen MR) is 59.7 cm³/mol. The standard InChI is InChI=1S/C13H26/c1-7-8-11-9-10(2)12(3,4)13(11,5)6/h10-11H,7-9H2,1-6H3. The maximum atomic E-state index is 2.47. The lowest BCUT2D eigenvalue weighted by Crippen LogP contribution is -2.34. The second-order valence-corrected chi connectivity index (χ2v) is 6.07. The van der Waals surface area contributed by atoms with Crippen LogP contribution in [0.5, 0.6) is 0 Å². The molecule has 0 spiro atoms. The highest BCUT2D eigenvalue weighted by molar-refractivity contribution is 5.00. The minimum Gasteiger partial charge on any atom is -0.0654 e. The summed E-state index contributed by atoms with van der Waals surface area (Å²) in [7, 11) is 0. The topological polar surface area (TPSA) is 0 Å². The Morgan fingerprint density at radius 2 is 1.62 bits per heavy atom. The van der Waals surface area contributed by atoms with Crippen molar-refractivity contribution in [3.8, 4) is 0 Å². The fraction of sp³-hybridized carbons (Fsp3) is 1.00. The Kier molecular flexibility index (Phi) is 2.81. The van der Waals surface area contributed by atoms with E-state index < -0.39 is 0 Å². The van der Waals surface area contributed by atoms with E-state index in [2.05, 4.69) is 41.5 Å². The van der Waals surface area contributed by atoms with Crippen LogP contribution in [0.4, 0.5) is 0 Å². The zero-order valence-electron chi connectivity index (χ0n) is 10.3. The van der Waals surface area contributed by atoms with Gasteiger partial charge in [0, 0.05) is 0 Å². The van der Waals surface area contributed by atoms with Gasteiger partial charge >= 0.3 is 0 Å². The molecule has 1 aliphatic carbocycles. The molecule has 0 heteroatoms. The molecule has 0 aromatic rings. The van der Waals surface area contributed by atoms with Crippen molar-refractivity contribution in [2.24, 2.45) is 22.7 Å². The van der Waals surface area contributed by atoms with Gasteiger partial charge in [-0.25, -0.2) is 0 Å². The second kappa shape index (κ2) is 3.29. The van der Waals surface area contributed by atoms with Crippen molar-refractivity contribution in [1.29, 1.82) is 0 Å². The summed E-state index contributed by atoms with van der Waals surface area (Å²) in [5.74, 6) is 1.83. The van der Waals surface area contributed by atoms with Crippen LogP contribution in [-0.4, -0.2) is 0 Å². The van der Waals surface area contributed by atoms with Crippen LogP contribution in [0.1, 0.15) is 60.8 Å². The first-order chi connectivity index (χ1) is 5.84.